The molecule has 0 radical (unpaired) electrons. The molecule has 0 spiro atoms. The number of esters is 1. The van der Waals surface area contributed by atoms with Gasteiger partial charge in [-0.1, -0.05) is 36.4 Å². The fourth-order valence-corrected chi connectivity index (χ4v) is 3.72. The summed E-state index contributed by atoms with van der Waals surface area (Å²) in [5.41, 5.74) is 3.33. The molecule has 24 heavy (non-hydrogen) atoms. The van der Waals surface area contributed by atoms with Gasteiger partial charge in [-0.05, 0) is 35.2 Å². The summed E-state index contributed by atoms with van der Waals surface area (Å²) < 4.78 is 16.5. The molecular formula is C19H21NO3S. The van der Waals surface area contributed by atoms with Crippen molar-refractivity contribution in [3.05, 3.63) is 65.2 Å². The average Bonchev–Trinajstić information content (AvgIpc) is 2.61. The Kier molecular flexibility index (Phi) is 5.11. The van der Waals surface area contributed by atoms with E-state index in [1.165, 1.54) is 12.7 Å². The van der Waals surface area contributed by atoms with E-state index in [9.17, 15) is 9.00 Å². The summed E-state index contributed by atoms with van der Waals surface area (Å²) in [7, 11) is 0.456. The van der Waals surface area contributed by atoms with Gasteiger partial charge in [0.25, 0.3) is 0 Å². The van der Waals surface area contributed by atoms with Crippen molar-refractivity contribution in [2.75, 3.05) is 19.9 Å². The molecule has 1 heterocycles. The van der Waals surface area contributed by atoms with Gasteiger partial charge in [0.2, 0.25) is 0 Å². The molecule has 5 heteroatoms. The summed E-state index contributed by atoms with van der Waals surface area (Å²) in [6.45, 7) is 1.46. The SMILES string of the molecule is COC(=O)C1c2ccccc2CCN1Cc1ccc(S(C)=O)cc1. The number of hydrogen-bond donors (Lipinski definition) is 0. The molecule has 126 valence electrons. The lowest BCUT2D eigenvalue weighted by Crippen LogP contribution is -2.39. The molecule has 1 aliphatic rings. The van der Waals surface area contributed by atoms with Crippen LogP contribution in [-0.4, -0.2) is 35.0 Å². The van der Waals surface area contributed by atoms with E-state index in [4.69, 9.17) is 4.74 Å². The second kappa shape index (κ2) is 7.28. The molecule has 0 bridgehead atoms. The predicted molar refractivity (Wildman–Crippen MR) is 94.1 cm³/mol. The van der Waals surface area contributed by atoms with Crippen molar-refractivity contribution in [3.63, 3.8) is 0 Å². The zero-order valence-corrected chi connectivity index (χ0v) is 14.7. The molecule has 4 nitrogen and oxygen atoms in total. The molecular weight excluding hydrogens is 322 g/mol. The van der Waals surface area contributed by atoms with Gasteiger partial charge >= 0.3 is 5.97 Å². The van der Waals surface area contributed by atoms with Gasteiger partial charge in [-0.15, -0.1) is 0 Å². The number of nitrogens with zero attached hydrogens (tertiary/aromatic N) is 1. The molecule has 0 N–H and O–H groups in total. The lowest BCUT2D eigenvalue weighted by Gasteiger charge is -2.35. The Labute approximate surface area is 144 Å². The highest BCUT2D eigenvalue weighted by molar-refractivity contribution is 7.84. The van der Waals surface area contributed by atoms with Crippen molar-refractivity contribution in [1.29, 1.82) is 0 Å². The van der Waals surface area contributed by atoms with Crippen molar-refractivity contribution in [2.45, 2.75) is 23.9 Å². The zero-order valence-electron chi connectivity index (χ0n) is 13.9. The Balaban J connectivity index is 1.86. The highest BCUT2D eigenvalue weighted by Gasteiger charge is 2.33. The van der Waals surface area contributed by atoms with Crippen LogP contribution in [0.2, 0.25) is 0 Å². The molecule has 2 atom stereocenters. The van der Waals surface area contributed by atoms with Gasteiger partial charge in [0.05, 0.1) is 7.11 Å². The standard InChI is InChI=1S/C19H21NO3S/c1-23-19(21)18-17-6-4-3-5-15(17)11-12-20(18)13-14-7-9-16(10-8-14)24(2)22/h3-10,18H,11-13H2,1-2H3. The van der Waals surface area contributed by atoms with E-state index >= 15 is 0 Å². The zero-order chi connectivity index (χ0) is 17.1. The topological polar surface area (TPSA) is 46.6 Å². The molecule has 0 fully saturated rings. The summed E-state index contributed by atoms with van der Waals surface area (Å²) >= 11 is 0. The summed E-state index contributed by atoms with van der Waals surface area (Å²) in [4.78, 5) is 15.3. The number of benzene rings is 2. The van der Waals surface area contributed by atoms with Crippen LogP contribution in [0.25, 0.3) is 0 Å². The first-order chi connectivity index (χ1) is 11.6. The molecule has 1 aliphatic heterocycles. The van der Waals surface area contributed by atoms with E-state index in [0.717, 1.165) is 29.0 Å². The molecule has 2 aromatic rings. The number of methoxy groups -OCH3 is 1. The average molecular weight is 343 g/mol. The first-order valence-electron chi connectivity index (χ1n) is 7.92. The minimum absolute atomic E-state index is 0.228. The summed E-state index contributed by atoms with van der Waals surface area (Å²) in [5.74, 6) is -0.228. The third kappa shape index (κ3) is 3.42. The molecule has 0 aliphatic carbocycles. The quantitative estimate of drug-likeness (QED) is 0.801. The van der Waals surface area contributed by atoms with Gasteiger partial charge in [0.1, 0.15) is 6.04 Å². The second-order valence-electron chi connectivity index (χ2n) is 5.94. The van der Waals surface area contributed by atoms with Crippen LogP contribution in [0, 0.1) is 0 Å². The van der Waals surface area contributed by atoms with Gasteiger partial charge in [0.15, 0.2) is 0 Å². The van der Waals surface area contributed by atoms with Gasteiger partial charge in [-0.2, -0.15) is 0 Å². The van der Waals surface area contributed by atoms with Crippen LogP contribution in [0.15, 0.2) is 53.4 Å². The maximum Gasteiger partial charge on any atom is 0.327 e. The highest BCUT2D eigenvalue weighted by Crippen LogP contribution is 2.31. The van der Waals surface area contributed by atoms with Crippen LogP contribution in [0.3, 0.4) is 0 Å². The van der Waals surface area contributed by atoms with Gasteiger partial charge < -0.3 is 4.74 Å². The number of carbonyl (C=O) groups is 1. The minimum atomic E-state index is -0.977. The van der Waals surface area contributed by atoms with Gasteiger partial charge in [-0.3, -0.25) is 9.11 Å². The van der Waals surface area contributed by atoms with Crippen LogP contribution in [-0.2, 0) is 33.3 Å². The number of hydrogen-bond acceptors (Lipinski definition) is 4. The maximum atomic E-state index is 12.4. The predicted octanol–water partition coefficient (Wildman–Crippen LogP) is 2.70. The van der Waals surface area contributed by atoms with Crippen LogP contribution in [0.5, 0.6) is 0 Å². The van der Waals surface area contributed by atoms with E-state index < -0.39 is 10.8 Å². The second-order valence-corrected chi connectivity index (χ2v) is 7.32. The van der Waals surface area contributed by atoms with Crippen molar-refractivity contribution in [1.82, 2.24) is 4.90 Å². The molecule has 0 saturated carbocycles. The number of ether oxygens (including phenoxy) is 1. The van der Waals surface area contributed by atoms with E-state index in [0.29, 0.717) is 6.54 Å². The molecule has 0 saturated heterocycles. The normalized spacial score (nSPS) is 18.7. The summed E-state index contributed by atoms with van der Waals surface area (Å²) in [6.07, 6.45) is 2.59. The molecule has 3 rings (SSSR count). The van der Waals surface area contributed by atoms with Crippen molar-refractivity contribution >= 4 is 16.8 Å². The van der Waals surface area contributed by atoms with E-state index in [-0.39, 0.29) is 12.0 Å². The fourth-order valence-electron chi connectivity index (χ4n) is 3.20. The van der Waals surface area contributed by atoms with Crippen molar-refractivity contribution in [3.8, 4) is 0 Å². The Morgan fingerprint density at radius 1 is 1.21 bits per heavy atom. The van der Waals surface area contributed by atoms with Crippen molar-refractivity contribution in [2.24, 2.45) is 0 Å². The summed E-state index contributed by atoms with van der Waals surface area (Å²) in [6, 6.07) is 15.4. The largest absolute Gasteiger partial charge is 0.468 e. The third-order valence-electron chi connectivity index (χ3n) is 4.45. The van der Waals surface area contributed by atoms with Crippen LogP contribution < -0.4 is 0 Å². The first-order valence-corrected chi connectivity index (χ1v) is 9.48. The Bertz CT molecular complexity index is 757. The lowest BCUT2D eigenvalue weighted by molar-refractivity contribution is -0.148. The minimum Gasteiger partial charge on any atom is -0.468 e. The third-order valence-corrected chi connectivity index (χ3v) is 5.38. The molecule has 0 amide bonds. The van der Waals surface area contributed by atoms with E-state index in [1.807, 2.05) is 42.5 Å². The highest BCUT2D eigenvalue weighted by atomic mass is 32.2. The van der Waals surface area contributed by atoms with Gasteiger partial charge in [-0.25, -0.2) is 4.79 Å². The molecule has 2 aromatic carbocycles. The Morgan fingerprint density at radius 2 is 1.92 bits per heavy atom. The van der Waals surface area contributed by atoms with Crippen LogP contribution in [0.4, 0.5) is 0 Å². The number of carbonyl (C=O) groups excluding carboxylic acids is 1. The maximum absolute atomic E-state index is 12.4. The van der Waals surface area contributed by atoms with Crippen LogP contribution in [0.1, 0.15) is 22.7 Å². The number of rotatable bonds is 4. The summed E-state index contributed by atoms with van der Waals surface area (Å²) in [5, 5.41) is 0. The Hall–Kier alpha value is -1.98. The first kappa shape index (κ1) is 16.9. The molecule has 0 aromatic heterocycles. The van der Waals surface area contributed by atoms with E-state index in [2.05, 4.69) is 11.0 Å². The van der Waals surface area contributed by atoms with Crippen molar-refractivity contribution < 1.29 is 13.7 Å². The Morgan fingerprint density at radius 3 is 2.58 bits per heavy atom. The van der Waals surface area contributed by atoms with Crippen LogP contribution >= 0.6 is 0 Å². The smallest absolute Gasteiger partial charge is 0.327 e. The monoisotopic (exact) mass is 343 g/mol. The number of fused-ring (bicyclic) bond motifs is 1. The fraction of sp³-hybridized carbons (Fsp3) is 0.316. The van der Waals surface area contributed by atoms with Gasteiger partial charge in [0, 0.05) is 35.0 Å². The van der Waals surface area contributed by atoms with E-state index in [1.54, 1.807) is 6.26 Å². The lowest BCUT2D eigenvalue weighted by atomic mass is 9.92. The molecule has 2 unspecified atom stereocenters.